The summed E-state index contributed by atoms with van der Waals surface area (Å²) in [7, 11) is 4.08. The third kappa shape index (κ3) is 2.32. The van der Waals surface area contributed by atoms with Crippen molar-refractivity contribution < 1.29 is 0 Å². The van der Waals surface area contributed by atoms with Crippen LogP contribution in [0.3, 0.4) is 0 Å². The second kappa shape index (κ2) is 4.05. The lowest BCUT2D eigenvalue weighted by atomic mass is 10.4. The van der Waals surface area contributed by atoms with Crippen LogP contribution < -0.4 is 0 Å². The Hall–Kier alpha value is -0.350. The maximum Gasteiger partial charge on any atom is 0.0906 e. The summed E-state index contributed by atoms with van der Waals surface area (Å²) in [5.74, 6) is 0. The molecule has 0 aliphatic heterocycles. The van der Waals surface area contributed by atoms with Crippen molar-refractivity contribution in [3.8, 4) is 0 Å². The molecule has 0 aliphatic rings. The third-order valence-corrected chi connectivity index (χ3v) is 2.24. The first kappa shape index (κ1) is 9.74. The molecule has 0 unspecified atom stereocenters. The number of nitrogens with zero attached hydrogens (tertiary/aromatic N) is 3. The molecule has 0 bridgehead atoms. The lowest BCUT2D eigenvalue weighted by molar-refractivity contribution is 0.393. The summed E-state index contributed by atoms with van der Waals surface area (Å²) < 4.78 is 3.03. The average molecular weight is 232 g/mol. The van der Waals surface area contributed by atoms with Gasteiger partial charge in [-0.1, -0.05) is 0 Å². The van der Waals surface area contributed by atoms with Gasteiger partial charge in [-0.25, -0.2) is 0 Å². The van der Waals surface area contributed by atoms with Crippen LogP contribution >= 0.6 is 15.9 Å². The van der Waals surface area contributed by atoms with Crippen LogP contribution in [0, 0.1) is 0 Å². The Morgan fingerprint density at radius 1 is 1.58 bits per heavy atom. The van der Waals surface area contributed by atoms with Crippen molar-refractivity contribution >= 4 is 15.9 Å². The van der Waals surface area contributed by atoms with Crippen LogP contribution in [-0.4, -0.2) is 28.8 Å². The first-order chi connectivity index (χ1) is 5.63. The zero-order valence-electron chi connectivity index (χ0n) is 7.71. The minimum Gasteiger partial charge on any atom is -0.303 e. The summed E-state index contributed by atoms with van der Waals surface area (Å²) in [6.45, 7) is 3.89. The van der Waals surface area contributed by atoms with Gasteiger partial charge in [0.1, 0.15) is 0 Å². The molecule has 1 aromatic rings. The lowest BCUT2D eigenvalue weighted by Gasteiger charge is -2.06. The first-order valence-corrected chi connectivity index (χ1v) is 4.79. The van der Waals surface area contributed by atoms with E-state index in [-0.39, 0.29) is 0 Å². The van der Waals surface area contributed by atoms with Gasteiger partial charge >= 0.3 is 0 Å². The Bertz CT molecular complexity index is 255. The number of aryl methyl sites for hydroxylation is 1. The van der Waals surface area contributed by atoms with Crippen LogP contribution in [0.5, 0.6) is 0 Å². The van der Waals surface area contributed by atoms with Crippen molar-refractivity contribution in [2.45, 2.75) is 20.0 Å². The highest BCUT2D eigenvalue weighted by atomic mass is 79.9. The minimum atomic E-state index is 0.883. The highest BCUT2D eigenvalue weighted by Crippen LogP contribution is 2.15. The summed E-state index contributed by atoms with van der Waals surface area (Å²) in [5, 5.41) is 4.40. The van der Waals surface area contributed by atoms with Gasteiger partial charge in [-0.3, -0.25) is 4.68 Å². The van der Waals surface area contributed by atoms with Crippen molar-refractivity contribution in [2.75, 3.05) is 14.1 Å². The summed E-state index contributed by atoms with van der Waals surface area (Å²) in [4.78, 5) is 2.10. The molecule has 0 radical (unpaired) electrons. The van der Waals surface area contributed by atoms with Gasteiger partial charge in [0, 0.05) is 19.3 Å². The van der Waals surface area contributed by atoms with Crippen LogP contribution in [-0.2, 0) is 13.1 Å². The van der Waals surface area contributed by atoms with Crippen LogP contribution in [0.25, 0.3) is 0 Å². The molecule has 0 N–H and O–H groups in total. The lowest BCUT2D eigenvalue weighted by Crippen LogP contribution is -2.11. The van der Waals surface area contributed by atoms with Gasteiger partial charge in [0.25, 0.3) is 0 Å². The van der Waals surface area contributed by atoms with Gasteiger partial charge in [-0.05, 0) is 36.9 Å². The van der Waals surface area contributed by atoms with Crippen molar-refractivity contribution in [3.63, 3.8) is 0 Å². The van der Waals surface area contributed by atoms with E-state index in [1.54, 1.807) is 0 Å². The summed E-state index contributed by atoms with van der Waals surface area (Å²) >= 11 is 3.48. The summed E-state index contributed by atoms with van der Waals surface area (Å²) in [6.07, 6.45) is 2.01. The van der Waals surface area contributed by atoms with Gasteiger partial charge in [0.05, 0.1) is 10.2 Å². The SMILES string of the molecule is CCn1cc(Br)c(CN(C)C)n1. The predicted molar refractivity (Wildman–Crippen MR) is 53.0 cm³/mol. The molecule has 3 nitrogen and oxygen atoms in total. The van der Waals surface area contributed by atoms with Crippen LogP contribution in [0.4, 0.5) is 0 Å². The van der Waals surface area contributed by atoms with E-state index in [1.807, 2.05) is 25.0 Å². The molecule has 0 amide bonds. The number of halogens is 1. The van der Waals surface area contributed by atoms with Crippen LogP contribution in [0.1, 0.15) is 12.6 Å². The first-order valence-electron chi connectivity index (χ1n) is 4.00. The molecule has 0 aliphatic carbocycles. The van der Waals surface area contributed by atoms with E-state index in [2.05, 4.69) is 32.9 Å². The summed E-state index contributed by atoms with van der Waals surface area (Å²) in [5.41, 5.74) is 1.10. The van der Waals surface area contributed by atoms with Gasteiger partial charge in [0.15, 0.2) is 0 Å². The van der Waals surface area contributed by atoms with Crippen molar-refractivity contribution in [3.05, 3.63) is 16.4 Å². The fraction of sp³-hybridized carbons (Fsp3) is 0.625. The smallest absolute Gasteiger partial charge is 0.0906 e. The Kier molecular flexibility index (Phi) is 3.29. The molecule has 68 valence electrons. The van der Waals surface area contributed by atoms with Crippen molar-refractivity contribution in [1.29, 1.82) is 0 Å². The maximum atomic E-state index is 4.40. The normalized spacial score (nSPS) is 11.1. The monoisotopic (exact) mass is 231 g/mol. The molecule has 0 spiro atoms. The molecule has 0 saturated heterocycles. The van der Waals surface area contributed by atoms with Gasteiger partial charge in [-0.2, -0.15) is 5.10 Å². The number of rotatable bonds is 3. The minimum absolute atomic E-state index is 0.883. The van der Waals surface area contributed by atoms with Crippen LogP contribution in [0.2, 0.25) is 0 Å². The Labute approximate surface area is 81.5 Å². The molecule has 1 rings (SSSR count). The quantitative estimate of drug-likeness (QED) is 0.791. The molecule has 0 atom stereocenters. The molecule has 0 fully saturated rings. The second-order valence-corrected chi connectivity index (χ2v) is 3.87. The van der Waals surface area contributed by atoms with E-state index < -0.39 is 0 Å². The van der Waals surface area contributed by atoms with Gasteiger partial charge in [-0.15, -0.1) is 0 Å². The average Bonchev–Trinajstić information content (AvgIpc) is 2.31. The highest BCUT2D eigenvalue weighted by Gasteiger charge is 2.05. The topological polar surface area (TPSA) is 21.1 Å². The molecule has 1 heterocycles. The maximum absolute atomic E-state index is 4.40. The fourth-order valence-corrected chi connectivity index (χ4v) is 1.45. The van der Waals surface area contributed by atoms with E-state index >= 15 is 0 Å². The van der Waals surface area contributed by atoms with Gasteiger partial charge in [0.2, 0.25) is 0 Å². The zero-order chi connectivity index (χ0) is 9.14. The Morgan fingerprint density at radius 2 is 2.25 bits per heavy atom. The van der Waals surface area contributed by atoms with E-state index in [0.717, 1.165) is 23.3 Å². The molecule has 0 saturated carbocycles. The molecule has 1 aromatic heterocycles. The number of aromatic nitrogens is 2. The van der Waals surface area contributed by atoms with E-state index in [0.29, 0.717) is 0 Å². The zero-order valence-corrected chi connectivity index (χ0v) is 9.30. The van der Waals surface area contributed by atoms with Crippen molar-refractivity contribution in [1.82, 2.24) is 14.7 Å². The molecular weight excluding hydrogens is 218 g/mol. The predicted octanol–water partition coefficient (Wildman–Crippen LogP) is 1.73. The van der Waals surface area contributed by atoms with Crippen molar-refractivity contribution in [2.24, 2.45) is 0 Å². The molecule has 4 heteroatoms. The number of hydrogen-bond acceptors (Lipinski definition) is 2. The van der Waals surface area contributed by atoms with E-state index in [1.165, 1.54) is 0 Å². The third-order valence-electron chi connectivity index (χ3n) is 1.58. The molecule has 0 aromatic carbocycles. The standard InChI is InChI=1S/C8H14BrN3/c1-4-12-5-7(9)8(10-12)6-11(2)3/h5H,4,6H2,1-3H3. The van der Waals surface area contributed by atoms with Crippen LogP contribution in [0.15, 0.2) is 10.7 Å². The Balaban J connectivity index is 2.77. The fourth-order valence-electron chi connectivity index (χ4n) is 1.01. The second-order valence-electron chi connectivity index (χ2n) is 3.02. The summed E-state index contributed by atoms with van der Waals surface area (Å²) in [6, 6.07) is 0. The highest BCUT2D eigenvalue weighted by molar-refractivity contribution is 9.10. The molecular formula is C8H14BrN3. The Morgan fingerprint density at radius 3 is 2.67 bits per heavy atom. The largest absolute Gasteiger partial charge is 0.303 e. The molecule has 12 heavy (non-hydrogen) atoms. The van der Waals surface area contributed by atoms with Gasteiger partial charge < -0.3 is 4.90 Å². The van der Waals surface area contributed by atoms with E-state index in [9.17, 15) is 0 Å². The number of hydrogen-bond donors (Lipinski definition) is 0. The van der Waals surface area contributed by atoms with E-state index in [4.69, 9.17) is 0 Å².